The van der Waals surface area contributed by atoms with Crippen molar-refractivity contribution in [2.24, 2.45) is 0 Å². The second-order valence-electron chi connectivity index (χ2n) is 5.49. The van der Waals surface area contributed by atoms with Gasteiger partial charge in [0, 0.05) is 0 Å². The Balaban J connectivity index is 0. The van der Waals surface area contributed by atoms with Crippen molar-refractivity contribution >= 4 is 10.1 Å². The fourth-order valence-corrected chi connectivity index (χ4v) is 2.48. The van der Waals surface area contributed by atoms with E-state index in [1.807, 2.05) is 0 Å². The molecule has 0 amide bonds. The average molecular weight is 425 g/mol. The predicted molar refractivity (Wildman–Crippen MR) is 77.6 cm³/mol. The first-order valence-corrected chi connectivity index (χ1v) is 9.05. The summed E-state index contributed by atoms with van der Waals surface area (Å²) in [6.07, 6.45) is -13.1. The van der Waals surface area contributed by atoms with Crippen LogP contribution in [0.3, 0.4) is 0 Å². The predicted octanol–water partition coefficient (Wildman–Crippen LogP) is 3.93. The van der Waals surface area contributed by atoms with Crippen LogP contribution in [0.25, 0.3) is 0 Å². The molecule has 160 valence electrons. The van der Waals surface area contributed by atoms with Crippen LogP contribution in [-0.4, -0.2) is 67.2 Å². The van der Waals surface area contributed by atoms with E-state index >= 15 is 0 Å². The molecular weight excluding hydrogens is 402 g/mol. The zero-order chi connectivity index (χ0) is 21.6. The molecule has 4 nitrogen and oxygen atoms in total. The molecule has 1 unspecified atom stereocenters. The van der Waals surface area contributed by atoms with Crippen molar-refractivity contribution in [1.82, 2.24) is 0 Å². The van der Waals surface area contributed by atoms with E-state index in [1.54, 1.807) is 0 Å². The molecule has 0 aliphatic carbocycles. The summed E-state index contributed by atoms with van der Waals surface area (Å²) in [5, 5.41) is -6.47. The fraction of sp³-hybridized carbons (Fsp3) is 1.00. The first-order valence-electron chi connectivity index (χ1n) is 7.64. The second kappa shape index (κ2) is 9.49. The van der Waals surface area contributed by atoms with Gasteiger partial charge in [0.1, 0.15) is 0 Å². The van der Waals surface area contributed by atoms with Gasteiger partial charge in [-0.05, 0) is 27.7 Å². The summed E-state index contributed by atoms with van der Waals surface area (Å²) < 4.78 is 127. The molecule has 0 spiro atoms. The van der Waals surface area contributed by atoms with Crippen LogP contribution in [0, 0.1) is 0 Å². The van der Waals surface area contributed by atoms with Gasteiger partial charge in [-0.3, -0.25) is 0 Å². The van der Waals surface area contributed by atoms with E-state index in [0.717, 1.165) is 0 Å². The van der Waals surface area contributed by atoms with Gasteiger partial charge in [0.2, 0.25) is 0 Å². The summed E-state index contributed by atoms with van der Waals surface area (Å²) >= 11 is 0. The third-order valence-electron chi connectivity index (χ3n) is 4.19. The van der Waals surface area contributed by atoms with Crippen molar-refractivity contribution in [3.8, 4) is 0 Å². The molecule has 0 heterocycles. The summed E-state index contributed by atoms with van der Waals surface area (Å²) in [6, 6.07) is 0. The number of hydrogen-bond acceptors (Lipinski definition) is 3. The van der Waals surface area contributed by atoms with E-state index in [9.17, 15) is 48.1 Å². The highest BCUT2D eigenvalue weighted by atomic mass is 32.2. The highest BCUT2D eigenvalue weighted by molar-refractivity contribution is 7.86. The van der Waals surface area contributed by atoms with Crippen LogP contribution in [-0.2, 0) is 10.1 Å². The fourth-order valence-electron chi connectivity index (χ4n) is 2.02. The lowest BCUT2D eigenvalue weighted by Gasteiger charge is -2.34. The standard InChI is InChI=1S/C8H20N.C5H4F8O3S/c1-5-9(6-2,7-3)8-4;6-2(1-3(7,8)9)4(10,11)5(12,13)17(14,15)16/h5-8H2,1-4H3;2H,1H2,(H,14,15,16)/q+1;/p-1. The van der Waals surface area contributed by atoms with Crippen molar-refractivity contribution in [3.05, 3.63) is 0 Å². The van der Waals surface area contributed by atoms with Crippen molar-refractivity contribution in [1.29, 1.82) is 0 Å². The van der Waals surface area contributed by atoms with E-state index in [-0.39, 0.29) is 0 Å². The smallest absolute Gasteiger partial charge is 0.399 e. The quantitative estimate of drug-likeness (QED) is 0.336. The average Bonchev–Trinajstić information content (AvgIpc) is 2.47. The summed E-state index contributed by atoms with van der Waals surface area (Å²) in [5.74, 6) is -6.27. The van der Waals surface area contributed by atoms with Crippen molar-refractivity contribution in [2.45, 2.75) is 57.6 Å². The van der Waals surface area contributed by atoms with Crippen LogP contribution >= 0.6 is 0 Å². The molecule has 0 aromatic rings. The van der Waals surface area contributed by atoms with Crippen molar-refractivity contribution < 1.29 is 52.6 Å². The molecule has 0 saturated carbocycles. The Hall–Kier alpha value is -0.690. The van der Waals surface area contributed by atoms with Crippen LogP contribution in [0.1, 0.15) is 34.1 Å². The molecule has 0 aromatic carbocycles. The number of quaternary nitrogens is 1. The Morgan fingerprint density at radius 1 is 0.846 bits per heavy atom. The number of halogens is 8. The van der Waals surface area contributed by atoms with Crippen LogP contribution < -0.4 is 0 Å². The zero-order valence-electron chi connectivity index (χ0n) is 14.7. The number of rotatable bonds is 8. The van der Waals surface area contributed by atoms with Gasteiger partial charge in [0.25, 0.3) is 0 Å². The Morgan fingerprint density at radius 2 is 1.15 bits per heavy atom. The lowest BCUT2D eigenvalue weighted by Crippen LogP contribution is -2.53. The summed E-state index contributed by atoms with van der Waals surface area (Å²) in [5.41, 5.74) is 0. The van der Waals surface area contributed by atoms with Gasteiger partial charge in [-0.15, -0.1) is 0 Å². The van der Waals surface area contributed by atoms with Gasteiger partial charge in [-0.1, -0.05) is 0 Å². The Morgan fingerprint density at radius 3 is 1.31 bits per heavy atom. The second-order valence-corrected chi connectivity index (χ2v) is 6.91. The molecule has 0 fully saturated rings. The van der Waals surface area contributed by atoms with Crippen molar-refractivity contribution in [2.75, 3.05) is 26.2 Å². The minimum Gasteiger partial charge on any atom is -0.743 e. The molecule has 0 radical (unpaired) electrons. The molecule has 0 aliphatic rings. The molecule has 0 N–H and O–H groups in total. The van der Waals surface area contributed by atoms with Crippen LogP contribution in [0.15, 0.2) is 0 Å². The van der Waals surface area contributed by atoms with Crippen molar-refractivity contribution in [3.63, 3.8) is 0 Å². The number of hydrogen-bond donors (Lipinski definition) is 0. The Labute approximate surface area is 147 Å². The molecule has 26 heavy (non-hydrogen) atoms. The van der Waals surface area contributed by atoms with E-state index < -0.39 is 40.1 Å². The monoisotopic (exact) mass is 425 g/mol. The molecule has 0 bridgehead atoms. The highest BCUT2D eigenvalue weighted by Crippen LogP contribution is 2.44. The van der Waals surface area contributed by atoms with Gasteiger partial charge < -0.3 is 9.04 Å². The molecule has 0 saturated heterocycles. The minimum absolute atomic E-state index is 1.28. The number of nitrogens with zero attached hydrogens (tertiary/aromatic N) is 1. The molecular formula is C13H23F8NO3S. The minimum atomic E-state index is -7.00. The lowest BCUT2D eigenvalue weighted by atomic mass is 10.1. The first-order chi connectivity index (χ1) is 11.4. The number of alkyl halides is 8. The van der Waals surface area contributed by atoms with E-state index in [2.05, 4.69) is 27.7 Å². The molecule has 0 aromatic heterocycles. The third kappa shape index (κ3) is 7.14. The molecule has 0 aliphatic heterocycles. The first kappa shape index (κ1) is 27.5. The van der Waals surface area contributed by atoms with Gasteiger partial charge >= 0.3 is 17.4 Å². The largest absolute Gasteiger partial charge is 0.743 e. The molecule has 1 atom stereocenters. The van der Waals surface area contributed by atoms with Crippen LogP contribution in [0.4, 0.5) is 35.1 Å². The van der Waals surface area contributed by atoms with Gasteiger partial charge in [-0.25, -0.2) is 12.8 Å². The summed E-state index contributed by atoms with van der Waals surface area (Å²) in [7, 11) is -7.00. The lowest BCUT2D eigenvalue weighted by molar-refractivity contribution is -0.921. The van der Waals surface area contributed by atoms with E-state index in [0.29, 0.717) is 0 Å². The summed E-state index contributed by atoms with van der Waals surface area (Å²) in [4.78, 5) is 0. The summed E-state index contributed by atoms with van der Waals surface area (Å²) in [6.45, 7) is 14.2. The third-order valence-corrected chi connectivity index (χ3v) is 5.09. The molecule has 13 heteroatoms. The Kier molecular flexibility index (Phi) is 10.0. The van der Waals surface area contributed by atoms with Gasteiger partial charge in [0.15, 0.2) is 16.3 Å². The van der Waals surface area contributed by atoms with Crippen LogP contribution in [0.2, 0.25) is 0 Å². The molecule has 0 rings (SSSR count). The maximum Gasteiger partial charge on any atom is 0.399 e. The van der Waals surface area contributed by atoms with Gasteiger partial charge in [-0.2, -0.15) is 30.7 Å². The van der Waals surface area contributed by atoms with Gasteiger partial charge in [0.05, 0.1) is 32.6 Å². The van der Waals surface area contributed by atoms with E-state index in [4.69, 9.17) is 0 Å². The topological polar surface area (TPSA) is 57.2 Å². The normalized spacial score (nSPS) is 15.3. The maximum absolute atomic E-state index is 12.4. The van der Waals surface area contributed by atoms with Crippen LogP contribution in [0.5, 0.6) is 0 Å². The highest BCUT2D eigenvalue weighted by Gasteiger charge is 2.67. The SMILES string of the molecule is CC[N+](CC)(CC)CC.O=S(=O)([O-])C(F)(F)C(F)(F)C(F)CC(F)(F)F. The maximum atomic E-state index is 12.4. The zero-order valence-corrected chi connectivity index (χ0v) is 15.5. The van der Waals surface area contributed by atoms with E-state index in [1.165, 1.54) is 30.7 Å². The Bertz CT molecular complexity index is 500.